The van der Waals surface area contributed by atoms with Crippen LogP contribution >= 0.6 is 15.9 Å². The smallest absolute Gasteiger partial charge is 0.317 e. The van der Waals surface area contributed by atoms with Gasteiger partial charge in [0.15, 0.2) is 10.8 Å². The topological polar surface area (TPSA) is 134 Å². The monoisotopic (exact) mass is 395 g/mol. The van der Waals surface area contributed by atoms with Crippen molar-refractivity contribution in [2.75, 3.05) is 0 Å². The van der Waals surface area contributed by atoms with Crippen molar-refractivity contribution < 1.29 is 9.63 Å². The molecule has 0 unspecified atom stereocenters. The van der Waals surface area contributed by atoms with Gasteiger partial charge in [0.2, 0.25) is 0 Å². The number of hydrogen-bond donors (Lipinski definition) is 1. The van der Waals surface area contributed by atoms with E-state index in [1.54, 1.807) is 24.3 Å². The zero-order valence-electron chi connectivity index (χ0n) is 12.9. The van der Waals surface area contributed by atoms with Crippen molar-refractivity contribution in [2.45, 2.75) is 12.8 Å². The van der Waals surface area contributed by atoms with Crippen molar-refractivity contribution in [2.24, 2.45) is 21.9 Å². The number of nitrogens with zero attached hydrogens (tertiary/aromatic N) is 4. The third-order valence-corrected chi connectivity index (χ3v) is 5.39. The second-order valence-corrected chi connectivity index (χ2v) is 6.84. The van der Waals surface area contributed by atoms with Gasteiger partial charge < -0.3 is 10.2 Å². The molecule has 0 radical (unpaired) electrons. The maximum Gasteiger partial charge on any atom is 0.353 e. The molecular formula is C17H10BrN5O2. The number of hydrogen-bond acceptors (Lipinski definition) is 7. The minimum atomic E-state index is -1.91. The van der Waals surface area contributed by atoms with E-state index in [-0.39, 0.29) is 11.4 Å². The molecule has 1 aliphatic carbocycles. The SMILES string of the molecule is CC1=NOC(=O)[C@@]12C(=N)[C@H](C#N)C(C#N)(C#N)[C@@H]2c1cccc(Br)c1. The highest BCUT2D eigenvalue weighted by molar-refractivity contribution is 9.10. The molecule has 25 heavy (non-hydrogen) atoms. The quantitative estimate of drug-likeness (QED) is 0.729. The van der Waals surface area contributed by atoms with E-state index in [4.69, 9.17) is 10.2 Å². The van der Waals surface area contributed by atoms with Gasteiger partial charge >= 0.3 is 5.97 Å². The molecule has 2 aliphatic rings. The first-order valence-electron chi connectivity index (χ1n) is 7.23. The lowest BCUT2D eigenvalue weighted by molar-refractivity contribution is -0.146. The third kappa shape index (κ3) is 1.85. The first-order chi connectivity index (χ1) is 11.9. The highest BCUT2D eigenvalue weighted by Crippen LogP contribution is 2.62. The molecule has 122 valence electrons. The zero-order chi connectivity index (χ0) is 18.4. The number of carbonyl (C=O) groups is 1. The normalized spacial score (nSPS) is 29.5. The van der Waals surface area contributed by atoms with Crippen LogP contribution < -0.4 is 0 Å². The summed E-state index contributed by atoms with van der Waals surface area (Å²) in [6.07, 6.45) is 0. The molecular weight excluding hydrogens is 386 g/mol. The van der Waals surface area contributed by atoms with Gasteiger partial charge in [-0.05, 0) is 24.6 Å². The summed E-state index contributed by atoms with van der Waals surface area (Å²) in [5.74, 6) is -3.29. The molecule has 1 N–H and O–H groups in total. The van der Waals surface area contributed by atoms with Crippen molar-refractivity contribution in [3.05, 3.63) is 34.3 Å². The lowest BCUT2D eigenvalue weighted by atomic mass is 9.64. The summed E-state index contributed by atoms with van der Waals surface area (Å²) in [6, 6.07) is 12.5. The summed E-state index contributed by atoms with van der Waals surface area (Å²) >= 11 is 3.33. The van der Waals surface area contributed by atoms with E-state index < -0.39 is 28.6 Å². The molecule has 0 amide bonds. The highest BCUT2D eigenvalue weighted by Gasteiger charge is 2.74. The van der Waals surface area contributed by atoms with Crippen LogP contribution in [0.2, 0.25) is 0 Å². The molecule has 0 aromatic heterocycles. The number of rotatable bonds is 1. The van der Waals surface area contributed by atoms with Crippen LogP contribution in [0.25, 0.3) is 0 Å². The molecule has 1 heterocycles. The van der Waals surface area contributed by atoms with Gasteiger partial charge in [-0.15, -0.1) is 0 Å². The predicted octanol–water partition coefficient (Wildman–Crippen LogP) is 2.66. The van der Waals surface area contributed by atoms with E-state index in [1.165, 1.54) is 6.92 Å². The van der Waals surface area contributed by atoms with Gasteiger partial charge in [-0.1, -0.05) is 33.2 Å². The van der Waals surface area contributed by atoms with E-state index in [1.807, 2.05) is 18.2 Å². The maximum absolute atomic E-state index is 12.7. The molecule has 1 fully saturated rings. The van der Waals surface area contributed by atoms with Crippen LogP contribution in [0.4, 0.5) is 0 Å². The minimum absolute atomic E-state index is 0.167. The molecule has 1 aliphatic heterocycles. The van der Waals surface area contributed by atoms with Gasteiger partial charge in [0.1, 0.15) is 5.92 Å². The number of carbonyl (C=O) groups excluding carboxylic acids is 1. The van der Waals surface area contributed by atoms with Gasteiger partial charge in [-0.3, -0.25) is 0 Å². The number of nitrogens with one attached hydrogen (secondary N) is 1. The van der Waals surface area contributed by atoms with Gasteiger partial charge in [0.25, 0.3) is 0 Å². The summed E-state index contributed by atoms with van der Waals surface area (Å²) in [4.78, 5) is 17.5. The molecule has 0 bridgehead atoms. The first-order valence-corrected chi connectivity index (χ1v) is 8.02. The maximum atomic E-state index is 12.7. The average molecular weight is 396 g/mol. The second-order valence-electron chi connectivity index (χ2n) is 5.92. The average Bonchev–Trinajstić information content (AvgIpc) is 3.02. The lowest BCUT2D eigenvalue weighted by Gasteiger charge is -2.31. The van der Waals surface area contributed by atoms with Crippen molar-refractivity contribution in [1.29, 1.82) is 21.2 Å². The molecule has 1 spiro atoms. The molecule has 8 heteroatoms. The molecule has 7 nitrogen and oxygen atoms in total. The molecule has 1 saturated carbocycles. The van der Waals surface area contributed by atoms with E-state index in [0.717, 1.165) is 0 Å². The van der Waals surface area contributed by atoms with Crippen LogP contribution in [0.5, 0.6) is 0 Å². The Labute approximate surface area is 151 Å². The van der Waals surface area contributed by atoms with Crippen LogP contribution in [0.1, 0.15) is 18.4 Å². The molecule has 1 aromatic rings. The van der Waals surface area contributed by atoms with Gasteiger partial charge in [-0.25, -0.2) is 4.79 Å². The van der Waals surface area contributed by atoms with Gasteiger partial charge in [-0.2, -0.15) is 15.8 Å². The molecule has 3 rings (SSSR count). The Hall–Kier alpha value is -3.02. The van der Waals surface area contributed by atoms with Crippen LogP contribution in [0, 0.1) is 56.2 Å². The third-order valence-electron chi connectivity index (χ3n) is 4.90. The summed E-state index contributed by atoms with van der Waals surface area (Å²) in [5.41, 5.74) is -3.32. The van der Waals surface area contributed by atoms with E-state index in [9.17, 15) is 20.6 Å². The Kier molecular flexibility index (Phi) is 3.71. The van der Waals surface area contributed by atoms with Crippen molar-refractivity contribution in [3.63, 3.8) is 0 Å². The van der Waals surface area contributed by atoms with Crippen LogP contribution in [-0.2, 0) is 9.63 Å². The van der Waals surface area contributed by atoms with E-state index in [2.05, 4.69) is 21.1 Å². The van der Waals surface area contributed by atoms with Crippen molar-refractivity contribution in [3.8, 4) is 18.2 Å². The fraction of sp³-hybridized carbons (Fsp3) is 0.294. The summed E-state index contributed by atoms with van der Waals surface area (Å²) in [5, 5.41) is 41.4. The number of benzene rings is 1. The Morgan fingerprint density at radius 2 is 2.00 bits per heavy atom. The summed E-state index contributed by atoms with van der Waals surface area (Å²) in [7, 11) is 0. The predicted molar refractivity (Wildman–Crippen MR) is 89.0 cm³/mol. The first kappa shape index (κ1) is 16.8. The van der Waals surface area contributed by atoms with Gasteiger partial charge in [0.05, 0.1) is 29.6 Å². The Morgan fingerprint density at radius 1 is 1.32 bits per heavy atom. The largest absolute Gasteiger partial charge is 0.353 e. The number of oxime groups is 1. The Balaban J connectivity index is 2.43. The zero-order valence-corrected chi connectivity index (χ0v) is 14.5. The molecule has 0 saturated heterocycles. The fourth-order valence-electron chi connectivity index (χ4n) is 3.80. The minimum Gasteiger partial charge on any atom is -0.317 e. The van der Waals surface area contributed by atoms with Crippen LogP contribution in [0.3, 0.4) is 0 Å². The van der Waals surface area contributed by atoms with Gasteiger partial charge in [0, 0.05) is 10.4 Å². The fourth-order valence-corrected chi connectivity index (χ4v) is 4.22. The standard InChI is InChI=1S/C17H10BrN5O2/c1-9-17(15(24)25-23-9)13(10-3-2-4-11(18)5-10)16(7-20,8-21)12(6-19)14(17)22/h2-5,12-13,22H,1H3/t12-,13-,17-/m0/s1. The molecule has 3 atom stereocenters. The van der Waals surface area contributed by atoms with E-state index >= 15 is 0 Å². The summed E-state index contributed by atoms with van der Waals surface area (Å²) < 4.78 is 0.679. The Morgan fingerprint density at radius 3 is 2.48 bits per heavy atom. The number of halogens is 1. The highest BCUT2D eigenvalue weighted by atomic mass is 79.9. The lowest BCUT2D eigenvalue weighted by Crippen LogP contribution is -2.44. The summed E-state index contributed by atoms with van der Waals surface area (Å²) in [6.45, 7) is 1.50. The molecule has 1 aromatic carbocycles. The van der Waals surface area contributed by atoms with Crippen LogP contribution in [0.15, 0.2) is 33.9 Å². The number of nitriles is 3. The van der Waals surface area contributed by atoms with Crippen molar-refractivity contribution in [1.82, 2.24) is 0 Å². The Bertz CT molecular complexity index is 950. The second kappa shape index (κ2) is 5.51. The van der Waals surface area contributed by atoms with Crippen LogP contribution in [-0.4, -0.2) is 17.4 Å². The van der Waals surface area contributed by atoms with E-state index in [0.29, 0.717) is 10.0 Å². The van der Waals surface area contributed by atoms with Crippen molar-refractivity contribution >= 4 is 33.3 Å².